The lowest BCUT2D eigenvalue weighted by molar-refractivity contribution is 0.418. The van der Waals surface area contributed by atoms with Crippen molar-refractivity contribution in [2.45, 2.75) is 25.9 Å². The molecule has 1 aliphatic heterocycles. The van der Waals surface area contributed by atoms with Gasteiger partial charge in [-0.3, -0.25) is 4.98 Å². The lowest BCUT2D eigenvalue weighted by atomic mass is 10.0. The van der Waals surface area contributed by atoms with Gasteiger partial charge < -0.3 is 19.4 Å². The van der Waals surface area contributed by atoms with Crippen LogP contribution in [0.2, 0.25) is 0 Å². The Bertz CT molecular complexity index is 1240. The van der Waals surface area contributed by atoms with E-state index in [9.17, 15) is 0 Å². The number of hydrogen-bond acceptors (Lipinski definition) is 4. The van der Waals surface area contributed by atoms with Crippen molar-refractivity contribution in [3.05, 3.63) is 108 Å². The zero-order valence-electron chi connectivity index (χ0n) is 17.9. The number of hydrogen-bond donors (Lipinski definition) is 1. The molecule has 3 heterocycles. The van der Waals surface area contributed by atoms with E-state index in [1.807, 2.05) is 92.7 Å². The fourth-order valence-corrected chi connectivity index (χ4v) is 4.35. The van der Waals surface area contributed by atoms with Gasteiger partial charge in [-0.1, -0.05) is 24.3 Å². The van der Waals surface area contributed by atoms with Crippen LogP contribution in [0.3, 0.4) is 0 Å². The minimum absolute atomic E-state index is 0.128. The summed E-state index contributed by atoms with van der Waals surface area (Å²) < 4.78 is 12.1. The van der Waals surface area contributed by atoms with Gasteiger partial charge in [0.1, 0.15) is 29.1 Å². The summed E-state index contributed by atoms with van der Waals surface area (Å²) in [6.07, 6.45) is 1.80. The number of benzene rings is 2. The topological polar surface area (TPSA) is 50.5 Å². The van der Waals surface area contributed by atoms with Gasteiger partial charge >= 0.3 is 0 Å². The number of anilines is 1. The van der Waals surface area contributed by atoms with E-state index >= 15 is 0 Å². The van der Waals surface area contributed by atoms with Gasteiger partial charge in [0.2, 0.25) is 0 Å². The molecule has 1 fully saturated rings. The van der Waals surface area contributed by atoms with Gasteiger partial charge in [0, 0.05) is 11.9 Å². The first-order valence-corrected chi connectivity index (χ1v) is 10.9. The normalized spacial score (nSPS) is 17.9. The average Bonchev–Trinajstić information content (AvgIpc) is 3.39. The second-order valence-corrected chi connectivity index (χ2v) is 8.19. The van der Waals surface area contributed by atoms with Gasteiger partial charge in [-0.15, -0.1) is 0 Å². The SMILES string of the molecule is Cc1ccc([C@H]2[C@@H](c3ccccn3)NC(=S)N2c2ccc(Oc3ccccc3C)cc2)o1. The highest BCUT2D eigenvalue weighted by molar-refractivity contribution is 7.80. The van der Waals surface area contributed by atoms with E-state index in [2.05, 4.69) is 15.2 Å². The van der Waals surface area contributed by atoms with Crippen LogP contribution in [-0.2, 0) is 0 Å². The summed E-state index contributed by atoms with van der Waals surface area (Å²) in [4.78, 5) is 6.65. The third kappa shape index (κ3) is 3.85. The fraction of sp³-hybridized carbons (Fsp3) is 0.154. The lowest BCUT2D eigenvalue weighted by Gasteiger charge is -2.26. The van der Waals surface area contributed by atoms with E-state index in [1.54, 1.807) is 6.20 Å². The van der Waals surface area contributed by atoms with Crippen LogP contribution in [-0.4, -0.2) is 10.1 Å². The highest BCUT2D eigenvalue weighted by Gasteiger charge is 2.42. The van der Waals surface area contributed by atoms with Gasteiger partial charge in [-0.2, -0.15) is 0 Å². The number of para-hydroxylation sites is 1. The Morgan fingerprint density at radius 3 is 2.41 bits per heavy atom. The Balaban J connectivity index is 1.48. The molecule has 2 atom stereocenters. The van der Waals surface area contributed by atoms with Crippen LogP contribution in [0.25, 0.3) is 0 Å². The van der Waals surface area contributed by atoms with Crippen molar-refractivity contribution >= 4 is 23.0 Å². The maximum Gasteiger partial charge on any atom is 0.174 e. The van der Waals surface area contributed by atoms with Gasteiger partial charge in [0.15, 0.2) is 5.11 Å². The quantitative estimate of drug-likeness (QED) is 0.369. The molecule has 0 aliphatic carbocycles. The molecule has 32 heavy (non-hydrogen) atoms. The van der Waals surface area contributed by atoms with E-state index in [0.717, 1.165) is 40.0 Å². The number of furan rings is 1. The van der Waals surface area contributed by atoms with Gasteiger partial charge in [0.25, 0.3) is 0 Å². The van der Waals surface area contributed by atoms with Crippen molar-refractivity contribution in [2.75, 3.05) is 4.90 Å². The monoisotopic (exact) mass is 441 g/mol. The summed E-state index contributed by atoms with van der Waals surface area (Å²) in [6.45, 7) is 3.98. The molecule has 5 rings (SSSR count). The Morgan fingerprint density at radius 2 is 1.72 bits per heavy atom. The first-order valence-electron chi connectivity index (χ1n) is 10.5. The number of ether oxygens (including phenoxy) is 1. The minimum Gasteiger partial charge on any atom is -0.464 e. The lowest BCUT2D eigenvalue weighted by Crippen LogP contribution is -2.29. The predicted octanol–water partition coefficient (Wildman–Crippen LogP) is 6.26. The number of aryl methyl sites for hydroxylation is 2. The van der Waals surface area contributed by atoms with Gasteiger partial charge in [-0.25, -0.2) is 0 Å². The highest BCUT2D eigenvalue weighted by atomic mass is 32.1. The second kappa shape index (κ2) is 8.48. The summed E-state index contributed by atoms with van der Waals surface area (Å²) in [5.74, 6) is 3.32. The summed E-state index contributed by atoms with van der Waals surface area (Å²) in [6, 6.07) is 25.5. The Labute approximate surface area is 192 Å². The molecule has 5 nitrogen and oxygen atoms in total. The molecule has 1 aliphatic rings. The van der Waals surface area contributed by atoms with Crippen LogP contribution in [0.5, 0.6) is 11.5 Å². The first kappa shape index (κ1) is 20.3. The summed E-state index contributed by atoms with van der Waals surface area (Å²) in [5, 5.41) is 4.07. The summed E-state index contributed by atoms with van der Waals surface area (Å²) >= 11 is 5.75. The third-order valence-electron chi connectivity index (χ3n) is 5.59. The number of thiocarbonyl (C=S) groups is 1. The average molecular weight is 442 g/mol. The Morgan fingerprint density at radius 1 is 0.938 bits per heavy atom. The largest absolute Gasteiger partial charge is 0.464 e. The van der Waals surface area contributed by atoms with Crippen molar-refractivity contribution in [2.24, 2.45) is 0 Å². The van der Waals surface area contributed by atoms with Crippen molar-refractivity contribution < 1.29 is 9.15 Å². The second-order valence-electron chi connectivity index (χ2n) is 7.81. The smallest absolute Gasteiger partial charge is 0.174 e. The molecule has 0 unspecified atom stereocenters. The Hall–Kier alpha value is -3.64. The summed E-state index contributed by atoms with van der Waals surface area (Å²) in [5.41, 5.74) is 2.96. The number of nitrogens with zero attached hydrogens (tertiary/aromatic N) is 2. The van der Waals surface area contributed by atoms with E-state index in [1.165, 1.54) is 0 Å². The van der Waals surface area contributed by atoms with Crippen molar-refractivity contribution in [3.63, 3.8) is 0 Å². The van der Waals surface area contributed by atoms with Crippen LogP contribution < -0.4 is 15.0 Å². The van der Waals surface area contributed by atoms with Gasteiger partial charge in [-0.05, 0) is 86.2 Å². The van der Waals surface area contributed by atoms with Crippen LogP contribution in [0.4, 0.5) is 5.69 Å². The molecule has 6 heteroatoms. The maximum atomic E-state index is 6.06. The number of rotatable bonds is 5. The molecule has 0 bridgehead atoms. The first-order chi connectivity index (χ1) is 15.6. The van der Waals surface area contributed by atoms with Crippen molar-refractivity contribution in [3.8, 4) is 11.5 Å². The molecule has 0 amide bonds. The highest BCUT2D eigenvalue weighted by Crippen LogP contribution is 2.42. The molecule has 2 aromatic heterocycles. The van der Waals surface area contributed by atoms with Crippen molar-refractivity contribution in [1.82, 2.24) is 10.3 Å². The molecule has 0 spiro atoms. The number of aromatic nitrogens is 1. The van der Waals surface area contributed by atoms with E-state index < -0.39 is 0 Å². The fourth-order valence-electron chi connectivity index (χ4n) is 4.01. The Kier molecular flexibility index (Phi) is 5.37. The van der Waals surface area contributed by atoms with Crippen LogP contribution in [0.1, 0.15) is 34.9 Å². The van der Waals surface area contributed by atoms with Crippen molar-refractivity contribution in [1.29, 1.82) is 0 Å². The van der Waals surface area contributed by atoms with Gasteiger partial charge in [0.05, 0.1) is 11.7 Å². The van der Waals surface area contributed by atoms with Crippen LogP contribution in [0, 0.1) is 13.8 Å². The zero-order valence-corrected chi connectivity index (χ0v) is 18.7. The molecule has 1 N–H and O–H groups in total. The molecule has 160 valence electrons. The minimum atomic E-state index is -0.158. The van der Waals surface area contributed by atoms with E-state index in [4.69, 9.17) is 21.4 Å². The van der Waals surface area contributed by atoms with E-state index in [0.29, 0.717) is 5.11 Å². The van der Waals surface area contributed by atoms with Crippen LogP contribution in [0.15, 0.2) is 89.5 Å². The molecule has 0 saturated carbocycles. The molecule has 1 saturated heterocycles. The zero-order chi connectivity index (χ0) is 22.1. The summed E-state index contributed by atoms with van der Waals surface area (Å²) in [7, 11) is 0. The molecule has 2 aromatic carbocycles. The molecule has 0 radical (unpaired) electrons. The molecule has 4 aromatic rings. The standard InChI is InChI=1S/C26H23N3O2S/c1-17-7-3-4-9-22(17)31-20-13-11-19(12-14-20)29-25(23-15-10-18(2)30-23)24(28-26(29)32)21-8-5-6-16-27-21/h3-16,24-25H,1-2H3,(H,28,32)/t24-,25+/m1/s1. The molecular formula is C26H23N3O2S. The maximum absolute atomic E-state index is 6.06. The number of nitrogens with one attached hydrogen (secondary N) is 1. The van der Waals surface area contributed by atoms with Crippen LogP contribution >= 0.6 is 12.2 Å². The predicted molar refractivity (Wildman–Crippen MR) is 129 cm³/mol. The van der Waals surface area contributed by atoms with E-state index in [-0.39, 0.29) is 12.1 Å². The molecular weight excluding hydrogens is 418 g/mol. The number of pyridine rings is 1. The third-order valence-corrected chi connectivity index (χ3v) is 5.90.